The molecule has 2 aromatic rings. The monoisotopic (exact) mass is 311 g/mol. The molecule has 0 saturated heterocycles. The lowest BCUT2D eigenvalue weighted by Crippen LogP contribution is -2.26. The summed E-state index contributed by atoms with van der Waals surface area (Å²) in [4.78, 5) is 11.7. The zero-order valence-corrected chi connectivity index (χ0v) is 13.4. The lowest BCUT2D eigenvalue weighted by atomic mass is 10.2. The molecule has 0 heterocycles. The molecule has 0 aromatic heterocycles. The number of carbonyl (C=O) groups is 1. The number of benzene rings is 2. The van der Waals surface area contributed by atoms with E-state index in [-0.39, 0.29) is 5.91 Å². The van der Waals surface area contributed by atoms with Crippen LogP contribution in [0.25, 0.3) is 6.08 Å². The summed E-state index contributed by atoms with van der Waals surface area (Å²) in [6.07, 6.45) is 3.27. The molecule has 0 radical (unpaired) electrons. The zero-order valence-electron chi connectivity index (χ0n) is 13.4. The molecule has 2 aromatic carbocycles. The van der Waals surface area contributed by atoms with E-state index in [1.807, 2.05) is 55.5 Å². The molecule has 2 rings (SSSR count). The van der Waals surface area contributed by atoms with Crippen LogP contribution in [-0.2, 0) is 4.79 Å². The molecule has 4 heteroatoms. The van der Waals surface area contributed by atoms with Gasteiger partial charge >= 0.3 is 0 Å². The smallest absolute Gasteiger partial charge is 0.244 e. The Kier molecular flexibility index (Phi) is 6.24. The minimum absolute atomic E-state index is 0.144. The van der Waals surface area contributed by atoms with E-state index in [0.29, 0.717) is 13.2 Å². The number of hydrogen-bond donors (Lipinski definition) is 1. The normalized spacial score (nSPS) is 10.5. The van der Waals surface area contributed by atoms with Crippen LogP contribution < -0.4 is 14.8 Å². The number of hydrogen-bond acceptors (Lipinski definition) is 3. The molecule has 0 aliphatic rings. The van der Waals surface area contributed by atoms with E-state index >= 15 is 0 Å². The van der Waals surface area contributed by atoms with Crippen LogP contribution in [0.5, 0.6) is 11.5 Å². The lowest BCUT2D eigenvalue weighted by Gasteiger charge is -2.08. The van der Waals surface area contributed by atoms with Gasteiger partial charge in [-0.2, -0.15) is 0 Å². The van der Waals surface area contributed by atoms with Gasteiger partial charge in [-0.15, -0.1) is 0 Å². The maximum absolute atomic E-state index is 11.7. The van der Waals surface area contributed by atoms with Gasteiger partial charge in [-0.05, 0) is 42.3 Å². The van der Waals surface area contributed by atoms with Crippen molar-refractivity contribution in [3.05, 3.63) is 65.7 Å². The zero-order chi connectivity index (χ0) is 16.5. The van der Waals surface area contributed by atoms with Crippen molar-refractivity contribution in [1.82, 2.24) is 5.32 Å². The fraction of sp³-hybridized carbons (Fsp3) is 0.211. The molecule has 0 bridgehead atoms. The van der Waals surface area contributed by atoms with Gasteiger partial charge in [0.15, 0.2) is 0 Å². The van der Waals surface area contributed by atoms with Crippen LogP contribution in [0.2, 0.25) is 0 Å². The average Bonchev–Trinajstić information content (AvgIpc) is 2.59. The van der Waals surface area contributed by atoms with Gasteiger partial charge in [0.05, 0.1) is 13.7 Å². The molecule has 0 unspecified atom stereocenters. The van der Waals surface area contributed by atoms with Crippen LogP contribution in [0.4, 0.5) is 0 Å². The number of nitrogens with one attached hydrogen (secondary N) is 1. The quantitative estimate of drug-likeness (QED) is 0.631. The third-order valence-electron chi connectivity index (χ3n) is 3.30. The highest BCUT2D eigenvalue weighted by Gasteiger charge is 1.99. The Morgan fingerprint density at radius 2 is 1.87 bits per heavy atom. The SMILES string of the molecule is COc1ccc(/C=C/C(=O)NCCOc2ccccc2C)cc1. The molecule has 23 heavy (non-hydrogen) atoms. The van der Waals surface area contributed by atoms with Gasteiger partial charge < -0.3 is 14.8 Å². The second kappa shape index (κ2) is 8.63. The topological polar surface area (TPSA) is 47.6 Å². The van der Waals surface area contributed by atoms with Gasteiger partial charge in [0, 0.05) is 6.08 Å². The highest BCUT2D eigenvalue weighted by atomic mass is 16.5. The second-order valence-corrected chi connectivity index (χ2v) is 5.01. The highest BCUT2D eigenvalue weighted by molar-refractivity contribution is 5.91. The van der Waals surface area contributed by atoms with Crippen LogP contribution in [-0.4, -0.2) is 26.2 Å². The van der Waals surface area contributed by atoms with Crippen molar-refractivity contribution in [3.8, 4) is 11.5 Å². The first-order chi connectivity index (χ1) is 11.2. The Bertz CT molecular complexity index is 663. The molecule has 1 N–H and O–H groups in total. The molecule has 0 aliphatic carbocycles. The molecule has 1 amide bonds. The van der Waals surface area contributed by atoms with E-state index in [1.165, 1.54) is 6.08 Å². The predicted octanol–water partition coefficient (Wildman–Crippen LogP) is 3.21. The van der Waals surface area contributed by atoms with E-state index in [1.54, 1.807) is 13.2 Å². The summed E-state index contributed by atoms with van der Waals surface area (Å²) < 4.78 is 10.7. The van der Waals surface area contributed by atoms with E-state index < -0.39 is 0 Å². The van der Waals surface area contributed by atoms with E-state index in [9.17, 15) is 4.79 Å². The third kappa shape index (κ3) is 5.51. The van der Waals surface area contributed by atoms with Crippen molar-refractivity contribution in [3.63, 3.8) is 0 Å². The van der Waals surface area contributed by atoms with Crippen molar-refractivity contribution in [2.75, 3.05) is 20.3 Å². The van der Waals surface area contributed by atoms with Crippen molar-refractivity contribution < 1.29 is 14.3 Å². The van der Waals surface area contributed by atoms with Gasteiger partial charge in [0.2, 0.25) is 5.91 Å². The van der Waals surface area contributed by atoms with Gasteiger partial charge in [-0.25, -0.2) is 0 Å². The molecule has 0 spiro atoms. The maximum Gasteiger partial charge on any atom is 0.244 e. The fourth-order valence-corrected chi connectivity index (χ4v) is 2.00. The summed E-state index contributed by atoms with van der Waals surface area (Å²) >= 11 is 0. The third-order valence-corrected chi connectivity index (χ3v) is 3.30. The van der Waals surface area contributed by atoms with Crippen LogP contribution in [0, 0.1) is 6.92 Å². The van der Waals surface area contributed by atoms with E-state index in [0.717, 1.165) is 22.6 Å². The molecule has 0 aliphatic heterocycles. The van der Waals surface area contributed by atoms with Gasteiger partial charge in [0.1, 0.15) is 18.1 Å². The van der Waals surface area contributed by atoms with Crippen LogP contribution in [0.3, 0.4) is 0 Å². The number of para-hydroxylation sites is 1. The van der Waals surface area contributed by atoms with Crippen molar-refractivity contribution >= 4 is 12.0 Å². The summed E-state index contributed by atoms with van der Waals surface area (Å²) in [5.74, 6) is 1.49. The Hall–Kier alpha value is -2.75. The number of carbonyl (C=O) groups excluding carboxylic acids is 1. The Morgan fingerprint density at radius 1 is 1.13 bits per heavy atom. The highest BCUT2D eigenvalue weighted by Crippen LogP contribution is 2.15. The van der Waals surface area contributed by atoms with E-state index in [2.05, 4.69) is 5.32 Å². The fourth-order valence-electron chi connectivity index (χ4n) is 2.00. The number of methoxy groups -OCH3 is 1. The summed E-state index contributed by atoms with van der Waals surface area (Å²) in [7, 11) is 1.62. The van der Waals surface area contributed by atoms with Gasteiger partial charge in [-0.3, -0.25) is 4.79 Å². The van der Waals surface area contributed by atoms with Crippen LogP contribution in [0.1, 0.15) is 11.1 Å². The Morgan fingerprint density at radius 3 is 2.57 bits per heavy atom. The van der Waals surface area contributed by atoms with Crippen molar-refractivity contribution in [1.29, 1.82) is 0 Å². The number of rotatable bonds is 7. The average molecular weight is 311 g/mol. The molecule has 4 nitrogen and oxygen atoms in total. The molecular weight excluding hydrogens is 290 g/mol. The van der Waals surface area contributed by atoms with Gasteiger partial charge in [-0.1, -0.05) is 30.3 Å². The Labute approximate surface area is 136 Å². The summed E-state index contributed by atoms with van der Waals surface area (Å²) in [5, 5.41) is 2.79. The largest absolute Gasteiger partial charge is 0.497 e. The van der Waals surface area contributed by atoms with Gasteiger partial charge in [0.25, 0.3) is 0 Å². The molecule has 0 fully saturated rings. The minimum atomic E-state index is -0.144. The first-order valence-electron chi connectivity index (χ1n) is 7.47. The summed E-state index contributed by atoms with van der Waals surface area (Å²) in [6.45, 7) is 2.89. The first kappa shape index (κ1) is 16.6. The molecule has 120 valence electrons. The van der Waals surface area contributed by atoms with E-state index in [4.69, 9.17) is 9.47 Å². The lowest BCUT2D eigenvalue weighted by molar-refractivity contribution is -0.116. The first-order valence-corrected chi connectivity index (χ1v) is 7.47. The summed E-state index contributed by atoms with van der Waals surface area (Å²) in [6, 6.07) is 15.3. The molecular formula is C19H21NO3. The minimum Gasteiger partial charge on any atom is -0.497 e. The molecule has 0 atom stereocenters. The van der Waals surface area contributed by atoms with Crippen LogP contribution >= 0.6 is 0 Å². The Balaban J connectivity index is 1.72. The standard InChI is InChI=1S/C19H21NO3/c1-15-5-3-4-6-18(15)23-14-13-20-19(21)12-9-16-7-10-17(22-2)11-8-16/h3-12H,13-14H2,1-2H3,(H,20,21)/b12-9+. The number of ether oxygens (including phenoxy) is 2. The number of amides is 1. The maximum atomic E-state index is 11.7. The number of aryl methyl sites for hydroxylation is 1. The summed E-state index contributed by atoms with van der Waals surface area (Å²) in [5.41, 5.74) is 2.02. The molecule has 0 saturated carbocycles. The van der Waals surface area contributed by atoms with Crippen molar-refractivity contribution in [2.45, 2.75) is 6.92 Å². The second-order valence-electron chi connectivity index (χ2n) is 5.01. The van der Waals surface area contributed by atoms with Crippen molar-refractivity contribution in [2.24, 2.45) is 0 Å². The predicted molar refractivity (Wildman–Crippen MR) is 91.7 cm³/mol. The van der Waals surface area contributed by atoms with Crippen LogP contribution in [0.15, 0.2) is 54.6 Å².